The molecule has 1 unspecified atom stereocenters. The molecule has 0 spiro atoms. The van der Waals surface area contributed by atoms with E-state index >= 15 is 0 Å². The maximum absolute atomic E-state index is 13.1. The summed E-state index contributed by atoms with van der Waals surface area (Å²) in [6, 6.07) is 0. The summed E-state index contributed by atoms with van der Waals surface area (Å²) in [5.74, 6) is -1.93. The molecular formula is C10H11FO3. The van der Waals surface area contributed by atoms with Gasteiger partial charge in [-0.3, -0.25) is 9.59 Å². The maximum Gasteiger partial charge on any atom is 0.225 e. The first-order valence-electron chi connectivity index (χ1n) is 4.27. The fourth-order valence-corrected chi connectivity index (χ4v) is 1.27. The molecule has 4 heteroatoms. The predicted octanol–water partition coefficient (Wildman–Crippen LogP) is 1.50. The Kier molecular flexibility index (Phi) is 2.84. The zero-order valence-electron chi connectivity index (χ0n) is 7.95. The Balaban J connectivity index is 3.20. The highest BCUT2D eigenvalue weighted by molar-refractivity contribution is 6.22. The smallest absolute Gasteiger partial charge is 0.225 e. The van der Waals surface area contributed by atoms with E-state index < -0.39 is 17.7 Å². The molecule has 0 aromatic rings. The molecule has 0 aromatic heterocycles. The summed E-state index contributed by atoms with van der Waals surface area (Å²) in [5.41, 5.74) is 0.0817. The van der Waals surface area contributed by atoms with Crippen molar-refractivity contribution < 1.29 is 19.1 Å². The molecule has 1 aliphatic rings. The predicted molar refractivity (Wildman–Crippen MR) is 48.5 cm³/mol. The van der Waals surface area contributed by atoms with Crippen LogP contribution in [0, 0.1) is 5.92 Å². The number of allylic oxidation sites excluding steroid dienone is 3. The SMILES string of the molecule is CC(C)C1=CC(=CO)C(=O)C(F)C1=O. The molecule has 0 bridgehead atoms. The van der Waals surface area contributed by atoms with Crippen LogP contribution < -0.4 is 0 Å². The molecular weight excluding hydrogens is 187 g/mol. The van der Waals surface area contributed by atoms with Crippen molar-refractivity contribution in [3.05, 3.63) is 23.5 Å². The molecule has 0 saturated carbocycles. The van der Waals surface area contributed by atoms with Crippen LogP contribution in [0.3, 0.4) is 0 Å². The quantitative estimate of drug-likeness (QED) is 0.394. The molecule has 0 aromatic carbocycles. The van der Waals surface area contributed by atoms with E-state index in [-0.39, 0.29) is 17.1 Å². The van der Waals surface area contributed by atoms with Crippen LogP contribution in [0.2, 0.25) is 0 Å². The second kappa shape index (κ2) is 3.74. The van der Waals surface area contributed by atoms with Crippen molar-refractivity contribution in [2.24, 2.45) is 5.92 Å². The number of alkyl halides is 1. The van der Waals surface area contributed by atoms with Gasteiger partial charge in [-0.15, -0.1) is 0 Å². The second-order valence-electron chi connectivity index (χ2n) is 3.43. The van der Waals surface area contributed by atoms with Crippen LogP contribution in [0.25, 0.3) is 0 Å². The molecule has 1 aliphatic carbocycles. The van der Waals surface area contributed by atoms with E-state index in [1.54, 1.807) is 13.8 Å². The summed E-state index contributed by atoms with van der Waals surface area (Å²) in [6.45, 7) is 3.45. The summed E-state index contributed by atoms with van der Waals surface area (Å²) in [4.78, 5) is 22.3. The van der Waals surface area contributed by atoms with Crippen LogP contribution in [0.4, 0.5) is 4.39 Å². The van der Waals surface area contributed by atoms with Gasteiger partial charge in [0.1, 0.15) is 0 Å². The van der Waals surface area contributed by atoms with E-state index in [1.165, 1.54) is 6.08 Å². The van der Waals surface area contributed by atoms with Crippen molar-refractivity contribution in [2.75, 3.05) is 0 Å². The van der Waals surface area contributed by atoms with Crippen LogP contribution in [-0.4, -0.2) is 22.8 Å². The monoisotopic (exact) mass is 198 g/mol. The number of hydrogen-bond acceptors (Lipinski definition) is 3. The average Bonchev–Trinajstić information content (AvgIpc) is 2.14. The van der Waals surface area contributed by atoms with Gasteiger partial charge in [-0.25, -0.2) is 4.39 Å². The van der Waals surface area contributed by atoms with Crippen LogP contribution in [0.15, 0.2) is 23.5 Å². The van der Waals surface area contributed by atoms with Crippen molar-refractivity contribution in [1.82, 2.24) is 0 Å². The first-order valence-corrected chi connectivity index (χ1v) is 4.27. The Morgan fingerprint density at radius 1 is 1.43 bits per heavy atom. The summed E-state index contributed by atoms with van der Waals surface area (Å²) in [6.07, 6.45) is -0.384. The fourth-order valence-electron chi connectivity index (χ4n) is 1.27. The van der Waals surface area contributed by atoms with Gasteiger partial charge in [0.15, 0.2) is 0 Å². The number of halogens is 1. The third-order valence-electron chi connectivity index (χ3n) is 2.10. The van der Waals surface area contributed by atoms with Gasteiger partial charge in [0, 0.05) is 5.57 Å². The minimum absolute atomic E-state index is 0.152. The van der Waals surface area contributed by atoms with E-state index in [2.05, 4.69) is 0 Å². The van der Waals surface area contributed by atoms with Gasteiger partial charge in [-0.2, -0.15) is 0 Å². The highest BCUT2D eigenvalue weighted by atomic mass is 19.1. The van der Waals surface area contributed by atoms with Crippen molar-refractivity contribution in [1.29, 1.82) is 0 Å². The highest BCUT2D eigenvalue weighted by Crippen LogP contribution is 2.24. The van der Waals surface area contributed by atoms with Crippen LogP contribution >= 0.6 is 0 Å². The highest BCUT2D eigenvalue weighted by Gasteiger charge is 2.35. The zero-order chi connectivity index (χ0) is 10.9. The molecule has 1 atom stereocenters. The lowest BCUT2D eigenvalue weighted by atomic mass is 9.86. The molecule has 0 saturated heterocycles. The van der Waals surface area contributed by atoms with E-state index in [0.717, 1.165) is 0 Å². The lowest BCUT2D eigenvalue weighted by Crippen LogP contribution is -2.33. The maximum atomic E-state index is 13.1. The van der Waals surface area contributed by atoms with Crippen LogP contribution in [0.5, 0.6) is 0 Å². The van der Waals surface area contributed by atoms with Crippen LogP contribution in [-0.2, 0) is 9.59 Å². The largest absolute Gasteiger partial charge is 0.515 e. The number of aliphatic hydroxyl groups is 1. The van der Waals surface area contributed by atoms with E-state index in [9.17, 15) is 14.0 Å². The van der Waals surface area contributed by atoms with Gasteiger partial charge < -0.3 is 5.11 Å². The Hall–Kier alpha value is -1.45. The minimum atomic E-state index is -2.16. The topological polar surface area (TPSA) is 54.4 Å². The molecule has 76 valence electrons. The first kappa shape index (κ1) is 10.6. The van der Waals surface area contributed by atoms with E-state index in [1.807, 2.05) is 0 Å². The second-order valence-corrected chi connectivity index (χ2v) is 3.43. The third kappa shape index (κ3) is 1.60. The summed E-state index contributed by atoms with van der Waals surface area (Å²) < 4.78 is 13.1. The molecule has 0 fully saturated rings. The van der Waals surface area contributed by atoms with E-state index in [4.69, 9.17) is 5.11 Å². The molecule has 3 nitrogen and oxygen atoms in total. The standard InChI is InChI=1S/C10H11FO3/c1-5(2)7-3-6(4-12)9(13)8(11)10(7)14/h3-5,8,12H,1-2H3. The van der Waals surface area contributed by atoms with Gasteiger partial charge >= 0.3 is 0 Å². The number of hydrogen-bond donors (Lipinski definition) is 1. The number of Topliss-reactive ketones (excluding diaryl/α,β-unsaturated/α-hetero) is 2. The summed E-state index contributed by atoms with van der Waals surface area (Å²) in [7, 11) is 0. The molecule has 14 heavy (non-hydrogen) atoms. The minimum Gasteiger partial charge on any atom is -0.515 e. The number of aliphatic hydroxyl groups excluding tert-OH is 1. The Morgan fingerprint density at radius 2 is 2.00 bits per heavy atom. The summed E-state index contributed by atoms with van der Waals surface area (Å²) in [5, 5.41) is 8.66. The normalized spacial score (nSPS) is 25.9. The van der Waals surface area contributed by atoms with Gasteiger partial charge in [-0.05, 0) is 12.0 Å². The van der Waals surface area contributed by atoms with Crippen molar-refractivity contribution in [3.8, 4) is 0 Å². The molecule has 1 rings (SSSR count). The lowest BCUT2D eigenvalue weighted by Gasteiger charge is -2.18. The average molecular weight is 198 g/mol. The zero-order valence-corrected chi connectivity index (χ0v) is 7.95. The first-order chi connectivity index (χ1) is 6.49. The van der Waals surface area contributed by atoms with Crippen molar-refractivity contribution >= 4 is 11.6 Å². The molecule has 0 heterocycles. The number of ketones is 2. The third-order valence-corrected chi connectivity index (χ3v) is 2.10. The molecule has 0 aliphatic heterocycles. The van der Waals surface area contributed by atoms with Gasteiger partial charge in [0.25, 0.3) is 0 Å². The van der Waals surface area contributed by atoms with Gasteiger partial charge in [-0.1, -0.05) is 13.8 Å². The Labute approximate surface area is 80.9 Å². The van der Waals surface area contributed by atoms with E-state index in [0.29, 0.717) is 6.26 Å². The fraction of sp³-hybridized carbons (Fsp3) is 0.400. The van der Waals surface area contributed by atoms with Gasteiger partial charge in [0.2, 0.25) is 17.7 Å². The number of carbonyl (C=O) groups excluding carboxylic acids is 2. The Bertz CT molecular complexity index is 339. The molecule has 1 N–H and O–H groups in total. The summed E-state index contributed by atoms with van der Waals surface area (Å²) >= 11 is 0. The Morgan fingerprint density at radius 3 is 2.43 bits per heavy atom. The molecule has 0 amide bonds. The van der Waals surface area contributed by atoms with Gasteiger partial charge in [0.05, 0.1) is 11.8 Å². The van der Waals surface area contributed by atoms with Crippen molar-refractivity contribution in [3.63, 3.8) is 0 Å². The number of rotatable bonds is 1. The van der Waals surface area contributed by atoms with Crippen LogP contribution in [0.1, 0.15) is 13.8 Å². The van der Waals surface area contributed by atoms with Crippen molar-refractivity contribution in [2.45, 2.75) is 20.0 Å². The number of carbonyl (C=O) groups is 2. The lowest BCUT2D eigenvalue weighted by molar-refractivity contribution is -0.130. The molecule has 0 radical (unpaired) electrons.